The lowest BCUT2D eigenvalue weighted by atomic mass is 10.1. The largest absolute Gasteiger partial charge is 0.496 e. The SMILES string of the molecule is COc1ccc(F)cc1C(=O)COc1ccc(Cl)cc1Br. The summed E-state index contributed by atoms with van der Waals surface area (Å²) in [6.07, 6.45) is 0. The quantitative estimate of drug-likeness (QED) is 0.723. The molecule has 0 radical (unpaired) electrons. The van der Waals surface area contributed by atoms with Gasteiger partial charge in [-0.05, 0) is 52.3 Å². The first kappa shape index (κ1) is 15.8. The second kappa shape index (κ2) is 6.91. The van der Waals surface area contributed by atoms with Gasteiger partial charge in [0, 0.05) is 5.02 Å². The highest BCUT2D eigenvalue weighted by Crippen LogP contribution is 2.28. The molecule has 2 aromatic carbocycles. The van der Waals surface area contributed by atoms with E-state index in [1.54, 1.807) is 18.2 Å². The van der Waals surface area contributed by atoms with Gasteiger partial charge in [0.2, 0.25) is 5.78 Å². The number of ketones is 1. The van der Waals surface area contributed by atoms with Gasteiger partial charge in [-0.1, -0.05) is 11.6 Å². The molecule has 0 aliphatic heterocycles. The number of Topliss-reactive ketones (excluding diaryl/α,β-unsaturated/α-hetero) is 1. The van der Waals surface area contributed by atoms with E-state index in [0.717, 1.165) is 6.07 Å². The van der Waals surface area contributed by atoms with Crippen molar-refractivity contribution in [2.24, 2.45) is 0 Å². The van der Waals surface area contributed by atoms with Crippen molar-refractivity contribution in [2.45, 2.75) is 0 Å². The lowest BCUT2D eigenvalue weighted by molar-refractivity contribution is 0.0917. The zero-order valence-corrected chi connectivity index (χ0v) is 13.4. The number of methoxy groups -OCH3 is 1. The van der Waals surface area contributed by atoms with E-state index < -0.39 is 5.82 Å². The van der Waals surface area contributed by atoms with Crippen molar-refractivity contribution in [1.82, 2.24) is 0 Å². The molecule has 0 fully saturated rings. The van der Waals surface area contributed by atoms with Crippen molar-refractivity contribution in [3.05, 3.63) is 57.3 Å². The van der Waals surface area contributed by atoms with Crippen LogP contribution in [0, 0.1) is 5.82 Å². The van der Waals surface area contributed by atoms with Gasteiger partial charge in [-0.25, -0.2) is 4.39 Å². The summed E-state index contributed by atoms with van der Waals surface area (Å²) in [5.74, 6) is -0.108. The number of hydrogen-bond donors (Lipinski definition) is 0. The van der Waals surface area contributed by atoms with Crippen LogP contribution in [0.4, 0.5) is 4.39 Å². The Morgan fingerprint density at radius 2 is 1.95 bits per heavy atom. The van der Waals surface area contributed by atoms with E-state index in [2.05, 4.69) is 15.9 Å². The fourth-order valence-electron chi connectivity index (χ4n) is 1.71. The molecule has 3 nitrogen and oxygen atoms in total. The van der Waals surface area contributed by atoms with E-state index in [1.807, 2.05) is 0 Å². The smallest absolute Gasteiger partial charge is 0.204 e. The Balaban J connectivity index is 2.13. The number of halogens is 3. The Hall–Kier alpha value is -1.59. The van der Waals surface area contributed by atoms with E-state index in [9.17, 15) is 9.18 Å². The summed E-state index contributed by atoms with van der Waals surface area (Å²) >= 11 is 9.11. The highest BCUT2D eigenvalue weighted by atomic mass is 79.9. The van der Waals surface area contributed by atoms with Crippen LogP contribution in [0.2, 0.25) is 5.02 Å². The number of ether oxygens (including phenoxy) is 2. The van der Waals surface area contributed by atoms with E-state index in [4.69, 9.17) is 21.1 Å². The molecule has 0 saturated carbocycles. The first-order chi connectivity index (χ1) is 10.0. The Morgan fingerprint density at radius 1 is 1.24 bits per heavy atom. The molecule has 0 bridgehead atoms. The van der Waals surface area contributed by atoms with Crippen molar-refractivity contribution in [1.29, 1.82) is 0 Å². The average Bonchev–Trinajstić information content (AvgIpc) is 2.46. The standard InChI is InChI=1S/C15H11BrClFO3/c1-20-14-5-3-10(18)7-11(14)13(19)8-21-15-4-2-9(17)6-12(15)16/h2-7H,8H2,1H3. The third-order valence-electron chi connectivity index (χ3n) is 2.71. The molecule has 0 heterocycles. The van der Waals surface area contributed by atoms with Crippen molar-refractivity contribution < 1.29 is 18.7 Å². The topological polar surface area (TPSA) is 35.5 Å². The van der Waals surface area contributed by atoms with Crippen LogP contribution in [-0.4, -0.2) is 19.5 Å². The predicted octanol–water partition coefficient (Wildman–Crippen LogP) is 4.51. The molecule has 0 spiro atoms. The zero-order valence-electron chi connectivity index (χ0n) is 11.0. The maximum Gasteiger partial charge on any atom is 0.204 e. The minimum atomic E-state index is -0.508. The van der Waals surface area contributed by atoms with E-state index in [-0.39, 0.29) is 18.0 Å². The molecule has 0 amide bonds. The normalized spacial score (nSPS) is 10.3. The summed E-state index contributed by atoms with van der Waals surface area (Å²) in [6, 6.07) is 8.70. The number of hydrogen-bond acceptors (Lipinski definition) is 3. The van der Waals surface area contributed by atoms with Gasteiger partial charge < -0.3 is 9.47 Å². The highest BCUT2D eigenvalue weighted by molar-refractivity contribution is 9.10. The minimum absolute atomic E-state index is 0.141. The van der Waals surface area contributed by atoms with Gasteiger partial charge in [0.1, 0.15) is 17.3 Å². The number of rotatable bonds is 5. The van der Waals surface area contributed by atoms with Crippen LogP contribution in [0.5, 0.6) is 11.5 Å². The first-order valence-electron chi connectivity index (χ1n) is 5.96. The number of carbonyl (C=O) groups is 1. The fraction of sp³-hybridized carbons (Fsp3) is 0.133. The van der Waals surface area contributed by atoms with Gasteiger partial charge in [0.05, 0.1) is 17.1 Å². The lowest BCUT2D eigenvalue weighted by Gasteiger charge is -2.10. The Morgan fingerprint density at radius 3 is 2.62 bits per heavy atom. The Labute approximate surface area is 134 Å². The molecule has 0 atom stereocenters. The molecule has 0 aromatic heterocycles. The third kappa shape index (κ3) is 3.95. The second-order valence-corrected chi connectivity index (χ2v) is 5.42. The van der Waals surface area contributed by atoms with E-state index in [1.165, 1.54) is 19.2 Å². The molecule has 2 rings (SSSR count). The van der Waals surface area contributed by atoms with Crippen LogP contribution < -0.4 is 9.47 Å². The van der Waals surface area contributed by atoms with Crippen LogP contribution in [0.25, 0.3) is 0 Å². The van der Waals surface area contributed by atoms with Crippen molar-refractivity contribution in [2.75, 3.05) is 13.7 Å². The predicted molar refractivity (Wildman–Crippen MR) is 81.9 cm³/mol. The summed E-state index contributed by atoms with van der Waals surface area (Å²) in [5, 5.41) is 0.548. The molecule has 0 unspecified atom stereocenters. The summed E-state index contributed by atoms with van der Waals surface area (Å²) in [7, 11) is 1.42. The molecule has 6 heteroatoms. The molecular formula is C15H11BrClFO3. The van der Waals surface area contributed by atoms with Crippen LogP contribution in [-0.2, 0) is 0 Å². The average molecular weight is 374 g/mol. The van der Waals surface area contributed by atoms with Crippen molar-refractivity contribution in [3.8, 4) is 11.5 Å². The van der Waals surface area contributed by atoms with Crippen LogP contribution in [0.1, 0.15) is 10.4 Å². The lowest BCUT2D eigenvalue weighted by Crippen LogP contribution is -2.13. The Kier molecular flexibility index (Phi) is 5.20. The summed E-state index contributed by atoms with van der Waals surface area (Å²) < 4.78 is 24.3. The molecular weight excluding hydrogens is 363 g/mol. The number of carbonyl (C=O) groups excluding carboxylic acids is 1. The van der Waals surface area contributed by atoms with Crippen LogP contribution in [0.3, 0.4) is 0 Å². The van der Waals surface area contributed by atoms with Crippen molar-refractivity contribution >= 4 is 33.3 Å². The second-order valence-electron chi connectivity index (χ2n) is 4.13. The van der Waals surface area contributed by atoms with Crippen LogP contribution >= 0.6 is 27.5 Å². The maximum absolute atomic E-state index is 13.2. The molecule has 21 heavy (non-hydrogen) atoms. The van der Waals surface area contributed by atoms with E-state index >= 15 is 0 Å². The first-order valence-corrected chi connectivity index (χ1v) is 7.13. The molecule has 110 valence electrons. The van der Waals surface area contributed by atoms with E-state index in [0.29, 0.717) is 21.0 Å². The zero-order chi connectivity index (χ0) is 15.4. The Bertz CT molecular complexity index is 676. The van der Waals surface area contributed by atoms with Crippen molar-refractivity contribution in [3.63, 3.8) is 0 Å². The van der Waals surface area contributed by atoms with Gasteiger partial charge in [-0.3, -0.25) is 4.79 Å². The van der Waals surface area contributed by atoms with Gasteiger partial charge in [-0.15, -0.1) is 0 Å². The fourth-order valence-corrected chi connectivity index (χ4v) is 2.51. The third-order valence-corrected chi connectivity index (χ3v) is 3.57. The van der Waals surface area contributed by atoms with Gasteiger partial charge >= 0.3 is 0 Å². The summed E-state index contributed by atoms with van der Waals surface area (Å²) in [6.45, 7) is -0.236. The molecule has 0 N–H and O–H groups in total. The van der Waals surface area contributed by atoms with Gasteiger partial charge in [0.15, 0.2) is 6.61 Å². The summed E-state index contributed by atoms with van der Waals surface area (Å²) in [5.41, 5.74) is 0.141. The minimum Gasteiger partial charge on any atom is -0.496 e. The van der Waals surface area contributed by atoms with Crippen LogP contribution in [0.15, 0.2) is 40.9 Å². The monoisotopic (exact) mass is 372 g/mol. The van der Waals surface area contributed by atoms with Gasteiger partial charge in [-0.2, -0.15) is 0 Å². The molecule has 2 aromatic rings. The maximum atomic E-state index is 13.2. The molecule has 0 aliphatic carbocycles. The molecule has 0 saturated heterocycles. The highest BCUT2D eigenvalue weighted by Gasteiger charge is 2.15. The number of benzene rings is 2. The van der Waals surface area contributed by atoms with Gasteiger partial charge in [0.25, 0.3) is 0 Å². The molecule has 0 aliphatic rings. The summed E-state index contributed by atoms with van der Waals surface area (Å²) in [4.78, 5) is 12.1.